The van der Waals surface area contributed by atoms with Crippen LogP contribution in [0.15, 0.2) is 96.5 Å². The van der Waals surface area contributed by atoms with Crippen molar-refractivity contribution in [1.29, 1.82) is 0 Å². The summed E-state index contributed by atoms with van der Waals surface area (Å²) in [5.74, 6) is -0.0764. The van der Waals surface area contributed by atoms with Gasteiger partial charge in [-0.1, -0.05) is 77.6 Å². The standard InChI is InChI=1S/C57H69N5O8S2/c1-7-61(30-31-70-45-26-21-39(22-27-45)51(67)50-46-28-25-43(64)33-48(46)72-53(50)41-19-23-42(63)24-20-41)29-13-11-9-8-10-12-14-49(66)60-54(57(4,5)6)56(69)62-34-44(65)32-47(62)55(68)59-36(2)38-15-17-40(18-16-38)52-37(3)58-35-71-52/h15-28,33,35-36,44,47,54,63-65H,7-14,29-32,34H2,1-6H3,(H,59,68)(H,60,66)/t36-,44+,47-,54?/m0/s1. The molecule has 0 saturated carbocycles. The first-order valence-corrected chi connectivity index (χ1v) is 26.8. The van der Waals surface area contributed by atoms with Gasteiger partial charge < -0.3 is 40.5 Å². The van der Waals surface area contributed by atoms with Gasteiger partial charge in [0.2, 0.25) is 17.7 Å². The molecule has 4 atom stereocenters. The largest absolute Gasteiger partial charge is 0.508 e. The number of aromatic nitrogens is 1. The van der Waals surface area contributed by atoms with E-state index in [1.54, 1.807) is 65.9 Å². The van der Waals surface area contributed by atoms with Crippen LogP contribution >= 0.6 is 22.7 Å². The molecule has 0 spiro atoms. The molecule has 1 unspecified atom stereocenters. The lowest BCUT2D eigenvalue weighted by atomic mass is 9.85. The van der Waals surface area contributed by atoms with Crippen LogP contribution in [0.2, 0.25) is 0 Å². The van der Waals surface area contributed by atoms with Crippen LogP contribution in [-0.2, 0) is 14.4 Å². The molecule has 0 radical (unpaired) electrons. The first-order chi connectivity index (χ1) is 34.5. The molecular formula is C57H69N5O8S2. The average molecular weight is 1020 g/mol. The highest BCUT2D eigenvalue weighted by atomic mass is 32.1. The minimum Gasteiger partial charge on any atom is -0.508 e. The zero-order valence-corrected chi connectivity index (χ0v) is 43.9. The second kappa shape index (κ2) is 24.5. The number of thiophene rings is 1. The number of aromatic hydroxyl groups is 2. The van der Waals surface area contributed by atoms with Crippen molar-refractivity contribution in [3.8, 4) is 38.1 Å². The van der Waals surface area contributed by atoms with Gasteiger partial charge in [-0.25, -0.2) is 4.98 Å². The van der Waals surface area contributed by atoms with Crippen molar-refractivity contribution in [3.63, 3.8) is 0 Å². The van der Waals surface area contributed by atoms with Crippen LogP contribution in [0.3, 0.4) is 0 Å². The maximum atomic E-state index is 14.1. The molecule has 3 heterocycles. The molecule has 0 aliphatic carbocycles. The molecule has 3 amide bonds. The zero-order valence-electron chi connectivity index (χ0n) is 42.3. The van der Waals surface area contributed by atoms with Crippen LogP contribution < -0.4 is 15.4 Å². The van der Waals surface area contributed by atoms with E-state index in [2.05, 4.69) is 27.4 Å². The van der Waals surface area contributed by atoms with Crippen molar-refractivity contribution in [1.82, 2.24) is 25.4 Å². The second-order valence-corrected chi connectivity index (χ2v) is 21.8. The van der Waals surface area contributed by atoms with Crippen molar-refractivity contribution >= 4 is 56.3 Å². The topological polar surface area (TPSA) is 182 Å². The molecule has 6 aromatic rings. The quantitative estimate of drug-likeness (QED) is 0.0306. The molecule has 7 rings (SSSR count). The highest BCUT2D eigenvalue weighted by molar-refractivity contribution is 7.22. The lowest BCUT2D eigenvalue weighted by molar-refractivity contribution is -0.144. The normalized spacial score (nSPS) is 15.7. The van der Waals surface area contributed by atoms with Crippen molar-refractivity contribution in [3.05, 3.63) is 119 Å². The number of β-amino-alcohol motifs (C(OH)–C–C–N with tert-alkyl or cyclic N) is 1. The fourth-order valence-corrected chi connectivity index (χ4v) is 11.3. The van der Waals surface area contributed by atoms with E-state index in [1.165, 1.54) is 16.2 Å². The van der Waals surface area contributed by atoms with Gasteiger partial charge in [-0.15, -0.1) is 22.7 Å². The zero-order chi connectivity index (χ0) is 51.5. The Labute approximate surface area is 431 Å². The maximum Gasteiger partial charge on any atom is 0.246 e. The SMILES string of the molecule is CCN(CCCCCCCCC(=O)NC(C(=O)N1C[C@H](O)C[C@H]1C(=O)N[C@@H](C)c1ccc(-c2scnc2C)cc1)C(C)(C)C)CCOc1ccc(C(=O)c2c(-c3ccc(O)cc3)sc3cc(O)ccc23)cc1. The van der Waals surface area contributed by atoms with E-state index in [4.69, 9.17) is 4.74 Å². The van der Waals surface area contributed by atoms with Crippen molar-refractivity contribution in [2.75, 3.05) is 32.8 Å². The maximum absolute atomic E-state index is 14.1. The van der Waals surface area contributed by atoms with E-state index in [1.807, 2.05) is 76.5 Å². The third-order valence-corrected chi connectivity index (χ3v) is 15.6. The number of hydrogen-bond donors (Lipinski definition) is 5. The van der Waals surface area contributed by atoms with Gasteiger partial charge in [0, 0.05) is 52.0 Å². The fourth-order valence-electron chi connectivity index (χ4n) is 9.27. The van der Waals surface area contributed by atoms with E-state index in [0.717, 1.165) is 94.0 Å². The number of carbonyl (C=O) groups is 4. The number of aryl methyl sites for hydroxylation is 1. The van der Waals surface area contributed by atoms with Crippen LogP contribution in [0, 0.1) is 12.3 Å². The average Bonchev–Trinajstić information content (AvgIpc) is 4.09. The second-order valence-electron chi connectivity index (χ2n) is 19.9. The predicted molar refractivity (Wildman–Crippen MR) is 287 cm³/mol. The number of phenolic OH excluding ortho intramolecular Hbond substituents is 2. The van der Waals surface area contributed by atoms with Crippen molar-refractivity contribution in [2.45, 2.75) is 117 Å². The van der Waals surface area contributed by atoms with Crippen LogP contribution in [0.25, 0.3) is 31.0 Å². The molecule has 1 fully saturated rings. The van der Waals surface area contributed by atoms with Crippen molar-refractivity contribution in [2.24, 2.45) is 5.41 Å². The highest BCUT2D eigenvalue weighted by Crippen LogP contribution is 2.42. The number of aliphatic hydroxyl groups is 1. The highest BCUT2D eigenvalue weighted by Gasteiger charge is 2.44. The number of likely N-dealkylation sites (N-methyl/N-ethyl adjacent to an activating group) is 1. The summed E-state index contributed by atoms with van der Waals surface area (Å²) in [6, 6.07) is 24.9. The summed E-state index contributed by atoms with van der Waals surface area (Å²) < 4.78 is 6.90. The summed E-state index contributed by atoms with van der Waals surface area (Å²) in [7, 11) is 0. The molecule has 0 bridgehead atoms. The summed E-state index contributed by atoms with van der Waals surface area (Å²) in [5.41, 5.74) is 6.04. The van der Waals surface area contributed by atoms with Gasteiger partial charge in [-0.05, 0) is 129 Å². The molecule has 13 nitrogen and oxygen atoms in total. The number of fused-ring (bicyclic) bond motifs is 1. The summed E-state index contributed by atoms with van der Waals surface area (Å²) >= 11 is 3.01. The molecular weight excluding hydrogens is 947 g/mol. The molecule has 1 aliphatic heterocycles. The fraction of sp³-hybridized carbons (Fsp3) is 0.421. The third-order valence-electron chi connectivity index (χ3n) is 13.5. The number of unbranched alkanes of at least 4 members (excludes halogenated alkanes) is 5. The van der Waals surface area contributed by atoms with E-state index < -0.39 is 23.6 Å². The molecule has 382 valence electrons. The van der Waals surface area contributed by atoms with E-state index in [-0.39, 0.29) is 54.0 Å². The van der Waals surface area contributed by atoms with Gasteiger partial charge in [0.1, 0.15) is 35.9 Å². The predicted octanol–water partition coefficient (Wildman–Crippen LogP) is 10.4. The van der Waals surface area contributed by atoms with Crippen molar-refractivity contribution < 1.29 is 39.2 Å². The Balaban J connectivity index is 0.797. The first kappa shape index (κ1) is 53.7. The Bertz CT molecular complexity index is 2780. The number of benzene rings is 4. The molecule has 72 heavy (non-hydrogen) atoms. The smallest absolute Gasteiger partial charge is 0.246 e. The Morgan fingerprint density at radius 3 is 2.15 bits per heavy atom. The Hall–Kier alpha value is -6.13. The van der Waals surface area contributed by atoms with Gasteiger partial charge in [-0.2, -0.15) is 0 Å². The Kier molecular flexibility index (Phi) is 18.3. The molecule has 5 N–H and O–H groups in total. The molecule has 4 aromatic carbocycles. The minimum atomic E-state index is -0.863. The lowest BCUT2D eigenvalue weighted by Crippen LogP contribution is -2.57. The number of phenols is 2. The van der Waals surface area contributed by atoms with E-state index in [9.17, 15) is 34.5 Å². The Morgan fingerprint density at radius 1 is 0.833 bits per heavy atom. The number of hydrogen-bond acceptors (Lipinski definition) is 12. The third kappa shape index (κ3) is 13.7. The van der Waals surface area contributed by atoms with Gasteiger partial charge in [0.25, 0.3) is 0 Å². The van der Waals surface area contributed by atoms with Gasteiger partial charge in [0.05, 0.1) is 28.2 Å². The molecule has 1 saturated heterocycles. The van der Waals surface area contributed by atoms with E-state index in [0.29, 0.717) is 36.3 Å². The number of likely N-dealkylation sites (tertiary alicyclic amines) is 1. The number of carbonyl (C=O) groups excluding carboxylic acids is 4. The number of thiazole rings is 1. The summed E-state index contributed by atoms with van der Waals surface area (Å²) in [5, 5.41) is 37.5. The minimum absolute atomic E-state index is 0.0232. The van der Waals surface area contributed by atoms with Crippen LogP contribution in [0.1, 0.15) is 119 Å². The van der Waals surface area contributed by atoms with Crippen LogP contribution in [-0.4, -0.2) is 105 Å². The summed E-state index contributed by atoms with van der Waals surface area (Å²) in [6.07, 6.45) is 5.37. The number of nitrogens with one attached hydrogen (secondary N) is 2. The van der Waals surface area contributed by atoms with E-state index >= 15 is 0 Å². The molecule has 2 aromatic heterocycles. The number of ketones is 1. The van der Waals surface area contributed by atoms with Gasteiger partial charge in [-0.3, -0.25) is 19.2 Å². The first-order valence-electron chi connectivity index (χ1n) is 25.1. The van der Waals surface area contributed by atoms with Gasteiger partial charge in [0.15, 0.2) is 5.78 Å². The molecule has 15 heteroatoms. The van der Waals surface area contributed by atoms with Gasteiger partial charge >= 0.3 is 0 Å². The monoisotopic (exact) mass is 1020 g/mol. The number of ether oxygens (including phenoxy) is 1. The number of amides is 3. The number of rotatable bonds is 23. The summed E-state index contributed by atoms with van der Waals surface area (Å²) in [6.45, 7) is 14.9. The number of nitrogens with zero attached hydrogens (tertiary/aromatic N) is 3. The lowest BCUT2D eigenvalue weighted by Gasteiger charge is -2.35. The summed E-state index contributed by atoms with van der Waals surface area (Å²) in [4.78, 5) is 65.1. The number of aliphatic hydroxyl groups excluding tert-OH is 1. The van der Waals surface area contributed by atoms with Crippen LogP contribution in [0.5, 0.6) is 17.2 Å². The van der Waals surface area contributed by atoms with Crippen LogP contribution in [0.4, 0.5) is 0 Å². The Morgan fingerprint density at radius 2 is 1.49 bits per heavy atom. The molecule has 1 aliphatic rings.